The van der Waals surface area contributed by atoms with Crippen LogP contribution in [0.4, 0.5) is 5.95 Å². The molecule has 1 heterocycles. The number of aromatic nitrogens is 2. The average molecular weight is 230 g/mol. The van der Waals surface area contributed by atoms with Gasteiger partial charge in [-0.1, -0.05) is 25.5 Å². The van der Waals surface area contributed by atoms with Crippen molar-refractivity contribution in [2.24, 2.45) is 5.10 Å². The summed E-state index contributed by atoms with van der Waals surface area (Å²) in [6.07, 6.45) is 3.40. The highest BCUT2D eigenvalue weighted by Crippen LogP contribution is 2.13. The second-order valence-corrected chi connectivity index (χ2v) is 4.16. The molecule has 1 aromatic heterocycles. The Hall–Kier alpha value is -1.84. The molecule has 0 amide bonds. The fourth-order valence-corrected chi connectivity index (χ4v) is 1.64. The van der Waals surface area contributed by atoms with Crippen LogP contribution in [0.15, 0.2) is 29.4 Å². The standard InChI is InChI=1S/C13H18N4/c1-3-4-7-10(2)16-17-13-14-11-8-5-6-9-12(11)15-13/h5-6,8-9H,3-4,7H2,1-2H3,(H2,14,15,17)/b16-10-. The molecule has 0 unspecified atom stereocenters. The minimum Gasteiger partial charge on any atom is -0.323 e. The Balaban J connectivity index is 2.03. The fraction of sp³-hybridized carbons (Fsp3) is 0.385. The van der Waals surface area contributed by atoms with Gasteiger partial charge >= 0.3 is 0 Å². The zero-order chi connectivity index (χ0) is 12.1. The van der Waals surface area contributed by atoms with Gasteiger partial charge in [-0.2, -0.15) is 5.10 Å². The first-order valence-electron chi connectivity index (χ1n) is 6.03. The summed E-state index contributed by atoms with van der Waals surface area (Å²) in [7, 11) is 0. The van der Waals surface area contributed by atoms with E-state index >= 15 is 0 Å². The molecule has 0 fully saturated rings. The lowest BCUT2D eigenvalue weighted by Gasteiger charge is -1.99. The van der Waals surface area contributed by atoms with Crippen LogP contribution < -0.4 is 5.43 Å². The third-order valence-electron chi connectivity index (χ3n) is 2.63. The van der Waals surface area contributed by atoms with Gasteiger partial charge in [-0.15, -0.1) is 0 Å². The summed E-state index contributed by atoms with van der Waals surface area (Å²) < 4.78 is 0. The highest BCUT2D eigenvalue weighted by atomic mass is 15.4. The van der Waals surface area contributed by atoms with Gasteiger partial charge in [-0.3, -0.25) is 0 Å². The van der Waals surface area contributed by atoms with E-state index in [1.165, 1.54) is 12.8 Å². The zero-order valence-electron chi connectivity index (χ0n) is 10.3. The van der Waals surface area contributed by atoms with Gasteiger partial charge in [0.2, 0.25) is 5.95 Å². The number of para-hydroxylation sites is 2. The summed E-state index contributed by atoms with van der Waals surface area (Å²) in [5.41, 5.74) is 6.05. The van der Waals surface area contributed by atoms with Crippen LogP contribution in [0.1, 0.15) is 33.1 Å². The van der Waals surface area contributed by atoms with Gasteiger partial charge in [-0.05, 0) is 31.9 Å². The normalized spacial score (nSPS) is 12.0. The van der Waals surface area contributed by atoms with Crippen molar-refractivity contribution in [2.45, 2.75) is 33.1 Å². The molecule has 4 nitrogen and oxygen atoms in total. The molecule has 0 atom stereocenters. The molecule has 0 saturated carbocycles. The number of rotatable bonds is 5. The van der Waals surface area contributed by atoms with Crippen molar-refractivity contribution in [1.82, 2.24) is 9.97 Å². The number of fused-ring (bicyclic) bond motifs is 1. The Morgan fingerprint density at radius 2 is 2.24 bits per heavy atom. The van der Waals surface area contributed by atoms with Crippen LogP contribution in [-0.4, -0.2) is 15.7 Å². The number of imidazole rings is 1. The van der Waals surface area contributed by atoms with E-state index in [0.717, 1.165) is 23.2 Å². The fourth-order valence-electron chi connectivity index (χ4n) is 1.64. The van der Waals surface area contributed by atoms with E-state index < -0.39 is 0 Å². The molecule has 0 radical (unpaired) electrons. The Morgan fingerprint density at radius 1 is 1.41 bits per heavy atom. The highest BCUT2D eigenvalue weighted by Gasteiger charge is 1.99. The lowest BCUT2D eigenvalue weighted by atomic mass is 10.2. The first kappa shape index (κ1) is 11.6. The number of unbranched alkanes of at least 4 members (excludes halogenated alkanes) is 1. The number of hydrogen-bond donors (Lipinski definition) is 2. The average Bonchev–Trinajstić information content (AvgIpc) is 2.76. The molecule has 17 heavy (non-hydrogen) atoms. The number of nitrogens with one attached hydrogen (secondary N) is 2. The van der Waals surface area contributed by atoms with Crippen LogP contribution in [0.3, 0.4) is 0 Å². The Bertz CT molecular complexity index is 480. The van der Waals surface area contributed by atoms with Crippen molar-refractivity contribution in [3.63, 3.8) is 0 Å². The van der Waals surface area contributed by atoms with Crippen LogP contribution in [-0.2, 0) is 0 Å². The number of hydrogen-bond acceptors (Lipinski definition) is 3. The lowest BCUT2D eigenvalue weighted by molar-refractivity contribution is 0.831. The molecule has 0 spiro atoms. The maximum absolute atomic E-state index is 4.39. The summed E-state index contributed by atoms with van der Waals surface area (Å²) in [6, 6.07) is 7.94. The van der Waals surface area contributed by atoms with E-state index in [1.54, 1.807) is 0 Å². The molecule has 0 aliphatic heterocycles. The number of benzene rings is 1. The highest BCUT2D eigenvalue weighted by molar-refractivity contribution is 5.83. The largest absolute Gasteiger partial charge is 0.323 e. The van der Waals surface area contributed by atoms with Crippen molar-refractivity contribution in [3.05, 3.63) is 24.3 Å². The molecule has 2 rings (SSSR count). The molecule has 0 saturated heterocycles. The van der Waals surface area contributed by atoms with E-state index in [9.17, 15) is 0 Å². The number of anilines is 1. The van der Waals surface area contributed by atoms with Gasteiger partial charge in [0.05, 0.1) is 11.0 Å². The van der Waals surface area contributed by atoms with Crippen molar-refractivity contribution >= 4 is 22.7 Å². The molecular formula is C13H18N4. The summed E-state index contributed by atoms with van der Waals surface area (Å²) in [5.74, 6) is 0.696. The van der Waals surface area contributed by atoms with Crippen LogP contribution >= 0.6 is 0 Å². The van der Waals surface area contributed by atoms with Crippen LogP contribution in [0, 0.1) is 0 Å². The number of nitrogens with zero attached hydrogens (tertiary/aromatic N) is 2. The Kier molecular flexibility index (Phi) is 3.75. The molecule has 1 aromatic carbocycles. The number of aromatic amines is 1. The number of hydrazone groups is 1. The lowest BCUT2D eigenvalue weighted by Crippen LogP contribution is -1.98. The Labute approximate surface area is 101 Å². The third-order valence-corrected chi connectivity index (χ3v) is 2.63. The minimum atomic E-state index is 0.696. The summed E-state index contributed by atoms with van der Waals surface area (Å²) >= 11 is 0. The molecule has 2 aromatic rings. The molecular weight excluding hydrogens is 212 g/mol. The van der Waals surface area contributed by atoms with Gasteiger partial charge in [-0.25, -0.2) is 10.4 Å². The second kappa shape index (κ2) is 5.48. The second-order valence-electron chi connectivity index (χ2n) is 4.16. The predicted molar refractivity (Wildman–Crippen MR) is 72.4 cm³/mol. The molecule has 0 bridgehead atoms. The summed E-state index contributed by atoms with van der Waals surface area (Å²) in [5, 5.41) is 4.30. The smallest absolute Gasteiger partial charge is 0.222 e. The van der Waals surface area contributed by atoms with E-state index in [2.05, 4.69) is 27.4 Å². The van der Waals surface area contributed by atoms with Gasteiger partial charge in [0.15, 0.2) is 0 Å². The maximum Gasteiger partial charge on any atom is 0.222 e. The topological polar surface area (TPSA) is 53.1 Å². The maximum atomic E-state index is 4.39. The Morgan fingerprint density at radius 3 is 3.00 bits per heavy atom. The zero-order valence-corrected chi connectivity index (χ0v) is 10.3. The van der Waals surface area contributed by atoms with Crippen LogP contribution in [0.25, 0.3) is 11.0 Å². The van der Waals surface area contributed by atoms with E-state index in [4.69, 9.17) is 0 Å². The molecule has 0 aliphatic rings. The van der Waals surface area contributed by atoms with Gasteiger partial charge in [0.1, 0.15) is 0 Å². The molecule has 2 N–H and O–H groups in total. The number of H-pyrrole nitrogens is 1. The molecule has 90 valence electrons. The van der Waals surface area contributed by atoms with Crippen molar-refractivity contribution < 1.29 is 0 Å². The van der Waals surface area contributed by atoms with Gasteiger partial charge in [0, 0.05) is 5.71 Å². The first-order chi connectivity index (χ1) is 8.29. The first-order valence-corrected chi connectivity index (χ1v) is 6.03. The summed E-state index contributed by atoms with van der Waals surface area (Å²) in [4.78, 5) is 7.57. The monoisotopic (exact) mass is 230 g/mol. The van der Waals surface area contributed by atoms with E-state index in [1.807, 2.05) is 31.2 Å². The van der Waals surface area contributed by atoms with Gasteiger partial charge < -0.3 is 4.98 Å². The summed E-state index contributed by atoms with van der Waals surface area (Å²) in [6.45, 7) is 4.21. The van der Waals surface area contributed by atoms with E-state index in [-0.39, 0.29) is 0 Å². The van der Waals surface area contributed by atoms with Crippen LogP contribution in [0.5, 0.6) is 0 Å². The minimum absolute atomic E-state index is 0.696. The van der Waals surface area contributed by atoms with Crippen LogP contribution in [0.2, 0.25) is 0 Å². The molecule has 0 aliphatic carbocycles. The van der Waals surface area contributed by atoms with Crippen molar-refractivity contribution in [1.29, 1.82) is 0 Å². The van der Waals surface area contributed by atoms with Crippen molar-refractivity contribution in [2.75, 3.05) is 5.43 Å². The van der Waals surface area contributed by atoms with Gasteiger partial charge in [0.25, 0.3) is 0 Å². The third kappa shape index (κ3) is 3.06. The SMILES string of the molecule is CCCC/C(C)=N\Nc1nc2ccccc2[nH]1. The van der Waals surface area contributed by atoms with Crippen molar-refractivity contribution in [3.8, 4) is 0 Å². The van der Waals surface area contributed by atoms with E-state index in [0.29, 0.717) is 5.95 Å². The predicted octanol–water partition coefficient (Wildman–Crippen LogP) is 3.54. The molecule has 4 heteroatoms. The quantitative estimate of drug-likeness (QED) is 0.609.